The third-order valence-electron chi connectivity index (χ3n) is 1.30. The molecule has 0 amide bonds. The van der Waals surface area contributed by atoms with Crippen LogP contribution >= 0.6 is 12.6 Å². The van der Waals surface area contributed by atoms with Crippen LogP contribution in [0.4, 0.5) is 0 Å². The molecule has 0 atom stereocenters. The maximum atomic E-state index is 4.23. The molecule has 0 aromatic carbocycles. The van der Waals surface area contributed by atoms with Gasteiger partial charge in [-0.2, -0.15) is 0 Å². The normalized spacial score (nSPS) is 9.80. The second kappa shape index (κ2) is 3.62. The largest absolute Gasteiger partial charge is 0.247 e. The molecule has 1 nitrogen and oxygen atoms in total. The van der Waals surface area contributed by atoms with Crippen molar-refractivity contribution in [2.45, 2.75) is 24.8 Å². The Morgan fingerprint density at radius 2 is 2.30 bits per heavy atom. The predicted molar refractivity (Wildman–Crippen MR) is 45.5 cm³/mol. The molecule has 0 fully saturated rings. The molecule has 1 rings (SSSR count). The maximum absolute atomic E-state index is 4.23. The minimum absolute atomic E-state index is 0.811. The first-order valence-corrected chi connectivity index (χ1v) is 3.92. The molecule has 2 heteroatoms. The van der Waals surface area contributed by atoms with E-state index < -0.39 is 0 Å². The molecule has 54 valence electrons. The van der Waals surface area contributed by atoms with Crippen LogP contribution in [0.2, 0.25) is 0 Å². The Bertz CT molecular complexity index is 210. The van der Waals surface area contributed by atoms with Gasteiger partial charge in [0.1, 0.15) is 0 Å². The van der Waals surface area contributed by atoms with Gasteiger partial charge in [-0.15, -0.1) is 12.6 Å². The number of hydrogen-bond donors (Lipinski definition) is 1. The van der Waals surface area contributed by atoms with E-state index in [1.54, 1.807) is 0 Å². The smallest absolute Gasteiger partial charge is 0.0932 e. The summed E-state index contributed by atoms with van der Waals surface area (Å²) in [7, 11) is 0. The third kappa shape index (κ3) is 2.03. The highest BCUT2D eigenvalue weighted by molar-refractivity contribution is 7.80. The first-order valence-electron chi connectivity index (χ1n) is 3.48. The summed E-state index contributed by atoms with van der Waals surface area (Å²) in [6, 6.07) is 5.91. The number of nitrogens with zero attached hydrogens (tertiary/aromatic N) is 1. The highest BCUT2D eigenvalue weighted by atomic mass is 32.1. The monoisotopic (exact) mass is 153 g/mol. The molecule has 0 saturated heterocycles. The van der Waals surface area contributed by atoms with Crippen LogP contribution in [0.3, 0.4) is 0 Å². The highest BCUT2D eigenvalue weighted by Gasteiger charge is 1.91. The van der Waals surface area contributed by atoms with Crippen LogP contribution in [0.1, 0.15) is 19.0 Å². The molecule has 0 saturated carbocycles. The second-order valence-electron chi connectivity index (χ2n) is 2.24. The summed E-state index contributed by atoms with van der Waals surface area (Å²) >= 11 is 4.14. The summed E-state index contributed by atoms with van der Waals surface area (Å²) in [6.45, 7) is 2.15. The average molecular weight is 153 g/mol. The van der Waals surface area contributed by atoms with Gasteiger partial charge < -0.3 is 0 Å². The van der Waals surface area contributed by atoms with E-state index in [1.165, 1.54) is 0 Å². The molecule has 1 aromatic heterocycles. The lowest BCUT2D eigenvalue weighted by Gasteiger charge is -1.96. The van der Waals surface area contributed by atoms with Crippen molar-refractivity contribution < 1.29 is 0 Å². The van der Waals surface area contributed by atoms with E-state index >= 15 is 0 Å². The molecular weight excluding hydrogens is 142 g/mol. The number of thiol groups is 1. The van der Waals surface area contributed by atoms with Gasteiger partial charge in [-0.25, -0.2) is 4.98 Å². The van der Waals surface area contributed by atoms with Crippen LogP contribution in [0.5, 0.6) is 0 Å². The summed E-state index contributed by atoms with van der Waals surface area (Å²) in [5, 5.41) is 0.811. The van der Waals surface area contributed by atoms with E-state index in [9.17, 15) is 0 Å². The Balaban J connectivity index is 2.75. The zero-order valence-corrected chi connectivity index (χ0v) is 6.94. The second-order valence-corrected chi connectivity index (χ2v) is 2.70. The minimum Gasteiger partial charge on any atom is -0.247 e. The molecule has 0 aliphatic rings. The van der Waals surface area contributed by atoms with Gasteiger partial charge in [0.15, 0.2) is 0 Å². The summed E-state index contributed by atoms with van der Waals surface area (Å²) < 4.78 is 0. The van der Waals surface area contributed by atoms with E-state index in [1.807, 2.05) is 18.2 Å². The van der Waals surface area contributed by atoms with Crippen LogP contribution < -0.4 is 0 Å². The zero-order valence-electron chi connectivity index (χ0n) is 6.04. The lowest BCUT2D eigenvalue weighted by Crippen LogP contribution is -1.87. The number of hydrogen-bond acceptors (Lipinski definition) is 2. The van der Waals surface area contributed by atoms with Crippen LogP contribution in [0.25, 0.3) is 0 Å². The van der Waals surface area contributed by atoms with Crippen molar-refractivity contribution in [3.05, 3.63) is 23.9 Å². The van der Waals surface area contributed by atoms with Crippen molar-refractivity contribution in [2.24, 2.45) is 0 Å². The Labute approximate surface area is 66.9 Å². The van der Waals surface area contributed by atoms with Gasteiger partial charge in [-0.1, -0.05) is 19.4 Å². The summed E-state index contributed by atoms with van der Waals surface area (Å²) in [5.74, 6) is 0. The summed E-state index contributed by atoms with van der Waals surface area (Å²) in [4.78, 5) is 4.23. The predicted octanol–water partition coefficient (Wildman–Crippen LogP) is 2.32. The number of rotatable bonds is 2. The zero-order chi connectivity index (χ0) is 7.40. The fraction of sp³-hybridized carbons (Fsp3) is 0.375. The lowest BCUT2D eigenvalue weighted by atomic mass is 10.2. The van der Waals surface area contributed by atoms with Crippen molar-refractivity contribution in [1.29, 1.82) is 0 Å². The summed E-state index contributed by atoms with van der Waals surface area (Å²) in [6.07, 6.45) is 2.19. The van der Waals surface area contributed by atoms with Gasteiger partial charge in [-0.3, -0.25) is 0 Å². The standard InChI is InChI=1S/C8H11NS/c1-2-4-7-5-3-6-8(10)9-7/h3,5-6H,2,4H2,1H3,(H,9,10). The number of aryl methyl sites for hydroxylation is 1. The fourth-order valence-electron chi connectivity index (χ4n) is 0.862. The van der Waals surface area contributed by atoms with E-state index in [0.29, 0.717) is 0 Å². The molecule has 0 unspecified atom stereocenters. The van der Waals surface area contributed by atoms with Crippen molar-refractivity contribution >= 4 is 12.6 Å². The van der Waals surface area contributed by atoms with Gasteiger partial charge in [-0.05, 0) is 18.6 Å². The van der Waals surface area contributed by atoms with E-state index in [4.69, 9.17) is 0 Å². The molecule has 0 aliphatic heterocycles. The molecule has 0 spiro atoms. The van der Waals surface area contributed by atoms with Gasteiger partial charge in [0.05, 0.1) is 5.03 Å². The van der Waals surface area contributed by atoms with Crippen molar-refractivity contribution in [1.82, 2.24) is 4.98 Å². The van der Waals surface area contributed by atoms with Crippen LogP contribution in [-0.4, -0.2) is 4.98 Å². The number of pyridine rings is 1. The fourth-order valence-corrected chi connectivity index (χ4v) is 1.08. The molecule has 0 N–H and O–H groups in total. The average Bonchev–Trinajstić information content (AvgIpc) is 1.88. The van der Waals surface area contributed by atoms with Crippen LogP contribution in [0, 0.1) is 0 Å². The summed E-state index contributed by atoms with van der Waals surface area (Å²) in [5.41, 5.74) is 1.13. The first-order chi connectivity index (χ1) is 4.83. The van der Waals surface area contributed by atoms with Crippen molar-refractivity contribution in [3.8, 4) is 0 Å². The molecule has 0 aliphatic carbocycles. The van der Waals surface area contributed by atoms with Crippen molar-refractivity contribution in [3.63, 3.8) is 0 Å². The van der Waals surface area contributed by atoms with Gasteiger partial charge >= 0.3 is 0 Å². The number of aromatic nitrogens is 1. The maximum Gasteiger partial charge on any atom is 0.0932 e. The van der Waals surface area contributed by atoms with Crippen LogP contribution in [0.15, 0.2) is 23.2 Å². The SMILES string of the molecule is CCCc1cccc(S)n1. The molecule has 10 heavy (non-hydrogen) atoms. The molecule has 0 radical (unpaired) electrons. The Morgan fingerprint density at radius 1 is 1.50 bits per heavy atom. The first kappa shape index (κ1) is 7.61. The van der Waals surface area contributed by atoms with Crippen LogP contribution in [-0.2, 0) is 6.42 Å². The molecule has 1 heterocycles. The Kier molecular flexibility index (Phi) is 2.75. The quantitative estimate of drug-likeness (QED) is 0.643. The van der Waals surface area contributed by atoms with Gasteiger partial charge in [0.25, 0.3) is 0 Å². The highest BCUT2D eigenvalue weighted by Crippen LogP contribution is 2.04. The minimum atomic E-state index is 0.811. The lowest BCUT2D eigenvalue weighted by molar-refractivity contribution is 0.862. The topological polar surface area (TPSA) is 12.9 Å². The van der Waals surface area contributed by atoms with Gasteiger partial charge in [0, 0.05) is 5.69 Å². The van der Waals surface area contributed by atoms with E-state index in [0.717, 1.165) is 23.6 Å². The molecule has 1 aromatic rings. The Morgan fingerprint density at radius 3 is 2.90 bits per heavy atom. The third-order valence-corrected chi connectivity index (χ3v) is 1.55. The van der Waals surface area contributed by atoms with Crippen molar-refractivity contribution in [2.75, 3.05) is 0 Å². The van der Waals surface area contributed by atoms with Gasteiger partial charge in [0.2, 0.25) is 0 Å². The molecular formula is C8H11NS. The van der Waals surface area contributed by atoms with E-state index in [-0.39, 0.29) is 0 Å². The van der Waals surface area contributed by atoms with E-state index in [2.05, 4.69) is 24.5 Å². The Hall–Kier alpha value is -0.500. The molecule has 0 bridgehead atoms.